The largest absolute Gasteiger partial charge is 0.417 e. The van der Waals surface area contributed by atoms with E-state index in [2.05, 4.69) is 25.1 Å². The minimum Gasteiger partial charge on any atom is -0.368 e. The van der Waals surface area contributed by atoms with Gasteiger partial charge in [0, 0.05) is 18.0 Å². The Bertz CT molecular complexity index is 779. The third-order valence-electron chi connectivity index (χ3n) is 2.71. The number of alkyl halides is 3. The van der Waals surface area contributed by atoms with E-state index in [1.807, 2.05) is 0 Å². The predicted molar refractivity (Wildman–Crippen MR) is 64.3 cm³/mol. The van der Waals surface area contributed by atoms with Gasteiger partial charge in [0.25, 0.3) is 0 Å². The molecule has 3 aromatic rings. The number of nitrogens with two attached hydrogens (primary N) is 1. The number of fused-ring (bicyclic) bond motifs is 1. The quantitative estimate of drug-likeness (QED) is 0.711. The Kier molecular flexibility index (Phi) is 2.56. The summed E-state index contributed by atoms with van der Waals surface area (Å²) in [7, 11) is 0. The first-order valence-electron chi connectivity index (χ1n) is 5.45. The summed E-state index contributed by atoms with van der Waals surface area (Å²) in [6, 6.07) is 0.888. The lowest BCUT2D eigenvalue weighted by Gasteiger charge is -2.12. The van der Waals surface area contributed by atoms with Crippen LogP contribution in [0.25, 0.3) is 22.3 Å². The molecule has 0 bridgehead atoms. The number of anilines is 1. The monoisotopic (exact) mass is 280 g/mol. The van der Waals surface area contributed by atoms with Crippen LogP contribution in [0.3, 0.4) is 0 Å². The number of rotatable bonds is 1. The zero-order valence-electron chi connectivity index (χ0n) is 9.81. The van der Waals surface area contributed by atoms with E-state index in [4.69, 9.17) is 5.73 Å². The van der Waals surface area contributed by atoms with Crippen molar-refractivity contribution < 1.29 is 13.2 Å². The van der Waals surface area contributed by atoms with Crippen molar-refractivity contribution in [2.24, 2.45) is 0 Å². The number of halogens is 3. The molecule has 3 rings (SSSR count). The van der Waals surface area contributed by atoms with Crippen molar-refractivity contribution in [2.75, 3.05) is 5.73 Å². The van der Waals surface area contributed by atoms with Crippen LogP contribution in [0.15, 0.2) is 24.7 Å². The first-order valence-corrected chi connectivity index (χ1v) is 5.45. The number of nitrogens with zero attached hydrogens (tertiary/aromatic N) is 4. The van der Waals surface area contributed by atoms with Gasteiger partial charge in [0.05, 0.1) is 22.8 Å². The summed E-state index contributed by atoms with van der Waals surface area (Å²) >= 11 is 0. The van der Waals surface area contributed by atoms with Gasteiger partial charge < -0.3 is 5.73 Å². The van der Waals surface area contributed by atoms with E-state index >= 15 is 0 Å². The Hall–Kier alpha value is -2.71. The van der Waals surface area contributed by atoms with Gasteiger partial charge in [-0.05, 0) is 6.07 Å². The summed E-state index contributed by atoms with van der Waals surface area (Å²) in [6.07, 6.45) is -1.01. The van der Waals surface area contributed by atoms with Crippen LogP contribution in [-0.2, 0) is 6.18 Å². The number of aromatic amines is 1. The standard InChI is InChI=1S/C11H7F3N6/c12-11(13,14)7-1-2-16-3-5(7)8-6-4-17-20-9(6)19-10(15)18-8/h1-4H,(H3,15,17,18,19,20). The Morgan fingerprint density at radius 1 is 1.15 bits per heavy atom. The first kappa shape index (κ1) is 12.3. The molecule has 0 saturated heterocycles. The highest BCUT2D eigenvalue weighted by molar-refractivity contribution is 5.91. The summed E-state index contributed by atoms with van der Waals surface area (Å²) in [5, 5.41) is 6.63. The van der Waals surface area contributed by atoms with E-state index in [1.54, 1.807) is 0 Å². The average Bonchev–Trinajstić information content (AvgIpc) is 2.84. The molecule has 0 fully saturated rings. The molecule has 9 heteroatoms. The number of hydrogen-bond acceptors (Lipinski definition) is 5. The van der Waals surface area contributed by atoms with Crippen molar-refractivity contribution in [3.05, 3.63) is 30.2 Å². The van der Waals surface area contributed by atoms with E-state index < -0.39 is 11.7 Å². The summed E-state index contributed by atoms with van der Waals surface area (Å²) in [5.74, 6) is -0.145. The van der Waals surface area contributed by atoms with Gasteiger partial charge in [0.15, 0.2) is 5.65 Å². The molecule has 3 heterocycles. The fourth-order valence-corrected chi connectivity index (χ4v) is 1.89. The summed E-state index contributed by atoms with van der Waals surface area (Å²) < 4.78 is 39.1. The molecule has 0 saturated carbocycles. The third-order valence-corrected chi connectivity index (χ3v) is 2.71. The van der Waals surface area contributed by atoms with Crippen molar-refractivity contribution in [2.45, 2.75) is 6.18 Å². The SMILES string of the molecule is Nc1nc(-c2cnccc2C(F)(F)F)c2cn[nH]c2n1. The molecule has 0 atom stereocenters. The van der Waals surface area contributed by atoms with Gasteiger partial charge in [-0.2, -0.15) is 23.3 Å². The minimum absolute atomic E-state index is 0.0432. The van der Waals surface area contributed by atoms with Crippen LogP contribution in [0.2, 0.25) is 0 Å². The second-order valence-electron chi connectivity index (χ2n) is 3.98. The highest BCUT2D eigenvalue weighted by Gasteiger charge is 2.34. The lowest BCUT2D eigenvalue weighted by Crippen LogP contribution is -2.08. The molecule has 0 unspecified atom stereocenters. The van der Waals surface area contributed by atoms with E-state index in [0.29, 0.717) is 5.39 Å². The summed E-state index contributed by atoms with van der Waals surface area (Å²) in [6.45, 7) is 0. The van der Waals surface area contributed by atoms with Crippen molar-refractivity contribution in [3.63, 3.8) is 0 Å². The number of nitrogens with one attached hydrogen (secondary N) is 1. The molecule has 102 valence electrons. The van der Waals surface area contributed by atoms with Crippen LogP contribution < -0.4 is 5.73 Å². The van der Waals surface area contributed by atoms with E-state index in [9.17, 15) is 13.2 Å². The van der Waals surface area contributed by atoms with Crippen LogP contribution in [0, 0.1) is 0 Å². The predicted octanol–water partition coefficient (Wildman–Crippen LogP) is 2.02. The van der Waals surface area contributed by atoms with Crippen molar-refractivity contribution in [1.29, 1.82) is 0 Å². The van der Waals surface area contributed by atoms with Crippen LogP contribution in [-0.4, -0.2) is 25.1 Å². The highest BCUT2D eigenvalue weighted by Crippen LogP contribution is 2.37. The van der Waals surface area contributed by atoms with Gasteiger partial charge in [-0.1, -0.05) is 0 Å². The summed E-state index contributed by atoms with van der Waals surface area (Å²) in [5.41, 5.74) is 4.81. The Morgan fingerprint density at radius 2 is 1.95 bits per heavy atom. The number of nitrogen functional groups attached to an aromatic ring is 1. The zero-order valence-corrected chi connectivity index (χ0v) is 9.81. The first-order chi connectivity index (χ1) is 9.47. The molecule has 6 nitrogen and oxygen atoms in total. The van der Waals surface area contributed by atoms with Gasteiger partial charge in [0.1, 0.15) is 0 Å². The van der Waals surface area contributed by atoms with Crippen LogP contribution in [0.5, 0.6) is 0 Å². The van der Waals surface area contributed by atoms with Gasteiger partial charge in [-0.15, -0.1) is 0 Å². The molecule has 0 aliphatic heterocycles. The molecule has 3 N–H and O–H groups in total. The molecule has 0 radical (unpaired) electrons. The Labute approximate surface area is 109 Å². The number of H-pyrrole nitrogens is 1. The smallest absolute Gasteiger partial charge is 0.368 e. The molecule has 0 spiro atoms. The van der Waals surface area contributed by atoms with Crippen LogP contribution in [0.4, 0.5) is 19.1 Å². The topological polar surface area (TPSA) is 93.4 Å². The molecule has 0 aliphatic rings. The Balaban J connectivity index is 2.34. The van der Waals surface area contributed by atoms with Crippen LogP contribution in [0.1, 0.15) is 5.56 Å². The van der Waals surface area contributed by atoms with Crippen molar-refractivity contribution in [3.8, 4) is 11.3 Å². The van der Waals surface area contributed by atoms with Crippen molar-refractivity contribution in [1.82, 2.24) is 25.1 Å². The molecule has 0 aliphatic carbocycles. The summed E-state index contributed by atoms with van der Waals surface area (Å²) in [4.78, 5) is 11.5. The highest BCUT2D eigenvalue weighted by atomic mass is 19.4. The molecule has 0 amide bonds. The van der Waals surface area contributed by atoms with Gasteiger partial charge in [-0.25, -0.2) is 4.98 Å². The maximum absolute atomic E-state index is 13.0. The lowest BCUT2D eigenvalue weighted by molar-refractivity contribution is -0.137. The minimum atomic E-state index is -4.52. The molecule has 3 aromatic heterocycles. The second-order valence-corrected chi connectivity index (χ2v) is 3.98. The van der Waals surface area contributed by atoms with E-state index in [-0.39, 0.29) is 22.9 Å². The number of aromatic nitrogens is 5. The van der Waals surface area contributed by atoms with E-state index in [0.717, 1.165) is 18.5 Å². The zero-order chi connectivity index (χ0) is 14.3. The number of pyridine rings is 1. The van der Waals surface area contributed by atoms with Gasteiger partial charge in [0.2, 0.25) is 5.95 Å². The van der Waals surface area contributed by atoms with Gasteiger partial charge in [-0.3, -0.25) is 10.1 Å². The van der Waals surface area contributed by atoms with Crippen molar-refractivity contribution >= 4 is 17.0 Å². The van der Waals surface area contributed by atoms with Crippen LogP contribution >= 0.6 is 0 Å². The van der Waals surface area contributed by atoms with Gasteiger partial charge >= 0.3 is 6.18 Å². The maximum atomic E-state index is 13.0. The third kappa shape index (κ3) is 1.92. The molecule has 0 aromatic carbocycles. The number of hydrogen-bond donors (Lipinski definition) is 2. The molecular formula is C11H7F3N6. The molecular weight excluding hydrogens is 273 g/mol. The van der Waals surface area contributed by atoms with E-state index in [1.165, 1.54) is 6.20 Å². The second kappa shape index (κ2) is 4.15. The fraction of sp³-hybridized carbons (Fsp3) is 0.0909. The maximum Gasteiger partial charge on any atom is 0.417 e. The normalized spacial score (nSPS) is 11.9. The molecule has 20 heavy (non-hydrogen) atoms. The lowest BCUT2D eigenvalue weighted by atomic mass is 10.1. The average molecular weight is 280 g/mol. The Morgan fingerprint density at radius 3 is 2.70 bits per heavy atom. The fourth-order valence-electron chi connectivity index (χ4n) is 1.89.